The van der Waals surface area contributed by atoms with E-state index >= 15 is 0 Å². The van der Waals surface area contributed by atoms with Gasteiger partial charge < -0.3 is 9.47 Å². The van der Waals surface area contributed by atoms with Crippen LogP contribution in [-0.2, 0) is 0 Å². The highest BCUT2D eigenvalue weighted by Gasteiger charge is 2.16. The molecule has 0 fully saturated rings. The van der Waals surface area contributed by atoms with Gasteiger partial charge in [0.05, 0.1) is 7.11 Å². The average molecular weight is 238 g/mol. The minimum atomic E-state index is 0.581. The summed E-state index contributed by atoms with van der Waals surface area (Å²) in [6.45, 7) is 0.581. The first-order valence-corrected chi connectivity index (χ1v) is 5.94. The van der Waals surface area contributed by atoms with Crippen LogP contribution in [0.3, 0.4) is 0 Å². The molecule has 1 heterocycles. The maximum absolute atomic E-state index is 5.82. The fourth-order valence-electron chi connectivity index (χ4n) is 2.16. The van der Waals surface area contributed by atoms with Crippen LogP contribution >= 0.6 is 0 Å². The predicted octanol–water partition coefficient (Wildman–Crippen LogP) is 3.63. The Bertz CT molecular complexity index is 585. The molecule has 0 saturated heterocycles. The Morgan fingerprint density at radius 2 is 1.83 bits per heavy atom. The molecule has 2 aromatic rings. The lowest BCUT2D eigenvalue weighted by Gasteiger charge is -2.20. The van der Waals surface area contributed by atoms with Crippen molar-refractivity contribution in [3.63, 3.8) is 0 Å². The standard InChI is InChI=1S/C16H14O2/c1-17-15-9-5-8-13-10-14(11-18-16(13)15)12-6-3-2-4-7-12/h2-10H,11H2,1H3. The van der Waals surface area contributed by atoms with E-state index in [1.807, 2.05) is 36.4 Å². The van der Waals surface area contributed by atoms with Crippen LogP contribution in [0.1, 0.15) is 11.1 Å². The number of hydrogen-bond acceptors (Lipinski definition) is 2. The third kappa shape index (κ3) is 1.86. The van der Waals surface area contributed by atoms with Crippen molar-refractivity contribution >= 4 is 11.6 Å². The van der Waals surface area contributed by atoms with Crippen LogP contribution in [0.25, 0.3) is 11.6 Å². The highest BCUT2D eigenvalue weighted by atomic mass is 16.5. The second kappa shape index (κ2) is 4.57. The topological polar surface area (TPSA) is 18.5 Å². The Kier molecular flexibility index (Phi) is 2.77. The molecule has 2 nitrogen and oxygen atoms in total. The van der Waals surface area contributed by atoms with E-state index in [0.717, 1.165) is 17.1 Å². The summed E-state index contributed by atoms with van der Waals surface area (Å²) >= 11 is 0. The summed E-state index contributed by atoms with van der Waals surface area (Å²) in [7, 11) is 1.66. The Morgan fingerprint density at radius 1 is 1.00 bits per heavy atom. The van der Waals surface area contributed by atoms with Crippen molar-refractivity contribution in [2.45, 2.75) is 0 Å². The largest absolute Gasteiger partial charge is 0.493 e. The van der Waals surface area contributed by atoms with Gasteiger partial charge in [0.2, 0.25) is 0 Å². The van der Waals surface area contributed by atoms with E-state index in [0.29, 0.717) is 6.61 Å². The maximum Gasteiger partial charge on any atom is 0.168 e. The fourth-order valence-corrected chi connectivity index (χ4v) is 2.16. The van der Waals surface area contributed by atoms with Crippen molar-refractivity contribution in [3.8, 4) is 11.5 Å². The van der Waals surface area contributed by atoms with Gasteiger partial charge in [-0.05, 0) is 23.3 Å². The van der Waals surface area contributed by atoms with E-state index < -0.39 is 0 Å². The first-order chi connectivity index (χ1) is 8.88. The number of hydrogen-bond donors (Lipinski definition) is 0. The van der Waals surface area contributed by atoms with E-state index in [1.54, 1.807) is 7.11 Å². The van der Waals surface area contributed by atoms with Crippen LogP contribution in [0.5, 0.6) is 11.5 Å². The van der Waals surface area contributed by atoms with Crippen molar-refractivity contribution in [3.05, 3.63) is 59.7 Å². The van der Waals surface area contributed by atoms with Gasteiger partial charge >= 0.3 is 0 Å². The average Bonchev–Trinajstić information content (AvgIpc) is 2.47. The molecule has 0 N–H and O–H groups in total. The lowest BCUT2D eigenvalue weighted by molar-refractivity contribution is 0.327. The molecule has 0 unspecified atom stereocenters. The summed E-state index contributed by atoms with van der Waals surface area (Å²) < 4.78 is 11.1. The molecule has 3 rings (SSSR count). The normalized spacial score (nSPS) is 13.3. The highest BCUT2D eigenvalue weighted by molar-refractivity contribution is 5.86. The minimum Gasteiger partial charge on any atom is -0.493 e. The van der Waals surface area contributed by atoms with Crippen LogP contribution in [-0.4, -0.2) is 13.7 Å². The third-order valence-electron chi connectivity index (χ3n) is 3.08. The highest BCUT2D eigenvalue weighted by Crippen LogP contribution is 2.37. The molecule has 0 saturated carbocycles. The van der Waals surface area contributed by atoms with E-state index in [4.69, 9.17) is 9.47 Å². The summed E-state index contributed by atoms with van der Waals surface area (Å²) in [5.41, 5.74) is 3.46. The molecule has 1 aliphatic rings. The SMILES string of the molecule is COc1cccc2c1OCC(c1ccccc1)=C2. The molecule has 0 spiro atoms. The molecule has 0 atom stereocenters. The Labute approximate surface area is 106 Å². The first kappa shape index (κ1) is 10.9. The van der Waals surface area contributed by atoms with Crippen molar-refractivity contribution in [2.24, 2.45) is 0 Å². The van der Waals surface area contributed by atoms with Crippen molar-refractivity contribution < 1.29 is 9.47 Å². The maximum atomic E-state index is 5.82. The first-order valence-electron chi connectivity index (χ1n) is 5.94. The van der Waals surface area contributed by atoms with E-state index in [2.05, 4.69) is 18.2 Å². The van der Waals surface area contributed by atoms with Crippen LogP contribution in [0.2, 0.25) is 0 Å². The van der Waals surface area contributed by atoms with Crippen molar-refractivity contribution in [1.82, 2.24) is 0 Å². The third-order valence-corrected chi connectivity index (χ3v) is 3.08. The van der Waals surface area contributed by atoms with Crippen LogP contribution < -0.4 is 9.47 Å². The molecule has 0 bridgehead atoms. The van der Waals surface area contributed by atoms with E-state index in [-0.39, 0.29) is 0 Å². The molecule has 90 valence electrons. The quantitative estimate of drug-likeness (QED) is 0.795. The van der Waals surface area contributed by atoms with E-state index in [1.165, 1.54) is 11.1 Å². The molecular formula is C16H14O2. The Morgan fingerprint density at radius 3 is 2.61 bits per heavy atom. The molecule has 0 aromatic heterocycles. The van der Waals surface area contributed by atoms with Crippen LogP contribution in [0, 0.1) is 0 Å². The summed E-state index contributed by atoms with van der Waals surface area (Å²) in [4.78, 5) is 0. The molecule has 1 aliphatic heterocycles. The number of para-hydroxylation sites is 1. The fraction of sp³-hybridized carbons (Fsp3) is 0.125. The van der Waals surface area contributed by atoms with Crippen LogP contribution in [0.4, 0.5) is 0 Å². The van der Waals surface area contributed by atoms with Gasteiger partial charge in [-0.15, -0.1) is 0 Å². The minimum absolute atomic E-state index is 0.581. The molecule has 0 amide bonds. The van der Waals surface area contributed by atoms with Gasteiger partial charge in [0.1, 0.15) is 6.61 Å². The summed E-state index contributed by atoms with van der Waals surface area (Å²) in [6.07, 6.45) is 2.16. The number of fused-ring (bicyclic) bond motifs is 1. The summed E-state index contributed by atoms with van der Waals surface area (Å²) in [5.74, 6) is 1.62. The molecule has 0 aliphatic carbocycles. The smallest absolute Gasteiger partial charge is 0.168 e. The molecule has 2 heteroatoms. The second-order valence-electron chi connectivity index (χ2n) is 4.20. The van der Waals surface area contributed by atoms with Gasteiger partial charge in [0, 0.05) is 5.56 Å². The molecule has 2 aromatic carbocycles. The zero-order chi connectivity index (χ0) is 12.4. The van der Waals surface area contributed by atoms with E-state index in [9.17, 15) is 0 Å². The summed E-state index contributed by atoms with van der Waals surface area (Å²) in [5, 5.41) is 0. The second-order valence-corrected chi connectivity index (χ2v) is 4.20. The van der Waals surface area contributed by atoms with Crippen molar-refractivity contribution in [1.29, 1.82) is 0 Å². The summed E-state index contributed by atoms with van der Waals surface area (Å²) in [6, 6.07) is 16.2. The van der Waals surface area contributed by atoms with Crippen LogP contribution in [0.15, 0.2) is 48.5 Å². The monoisotopic (exact) mass is 238 g/mol. The van der Waals surface area contributed by atoms with Crippen molar-refractivity contribution in [2.75, 3.05) is 13.7 Å². The Balaban J connectivity index is 2.04. The lowest BCUT2D eigenvalue weighted by atomic mass is 10.0. The van der Waals surface area contributed by atoms with Gasteiger partial charge in [-0.25, -0.2) is 0 Å². The van der Waals surface area contributed by atoms with Gasteiger partial charge in [-0.2, -0.15) is 0 Å². The van der Waals surface area contributed by atoms with Gasteiger partial charge in [0.15, 0.2) is 11.5 Å². The number of benzene rings is 2. The predicted molar refractivity (Wildman–Crippen MR) is 72.8 cm³/mol. The molecule has 0 radical (unpaired) electrons. The zero-order valence-electron chi connectivity index (χ0n) is 10.2. The van der Waals surface area contributed by atoms with Gasteiger partial charge in [-0.1, -0.05) is 42.5 Å². The van der Waals surface area contributed by atoms with Gasteiger partial charge in [-0.3, -0.25) is 0 Å². The Hall–Kier alpha value is -2.22. The van der Waals surface area contributed by atoms with Gasteiger partial charge in [0.25, 0.3) is 0 Å². The number of ether oxygens (including phenoxy) is 2. The molecule has 18 heavy (non-hydrogen) atoms. The number of methoxy groups -OCH3 is 1. The molecular weight excluding hydrogens is 224 g/mol. The zero-order valence-corrected chi connectivity index (χ0v) is 10.2. The lowest BCUT2D eigenvalue weighted by Crippen LogP contribution is -2.07. The number of rotatable bonds is 2.